The van der Waals surface area contributed by atoms with E-state index in [0.717, 1.165) is 23.4 Å². The third kappa shape index (κ3) is 6.37. The number of benzene rings is 2. The molecule has 0 bridgehead atoms. The number of nitrogens with zero attached hydrogens (tertiary/aromatic N) is 2. The summed E-state index contributed by atoms with van der Waals surface area (Å²) in [6, 6.07) is 13.4. The Morgan fingerprint density at radius 3 is 2.59 bits per heavy atom. The smallest absolute Gasteiger partial charge is 0.417 e. The van der Waals surface area contributed by atoms with Crippen LogP contribution in [0, 0.1) is 6.92 Å². The van der Waals surface area contributed by atoms with Crippen LogP contribution in [0.3, 0.4) is 0 Å². The zero-order chi connectivity index (χ0) is 23.1. The molecule has 2 aromatic carbocycles. The lowest BCUT2D eigenvalue weighted by molar-refractivity contribution is -0.137. The highest BCUT2D eigenvalue weighted by atomic mass is 35.5. The van der Waals surface area contributed by atoms with E-state index in [0.29, 0.717) is 35.3 Å². The van der Waals surface area contributed by atoms with E-state index < -0.39 is 11.7 Å². The van der Waals surface area contributed by atoms with Crippen LogP contribution in [-0.4, -0.2) is 17.8 Å². The van der Waals surface area contributed by atoms with Gasteiger partial charge in [-0.2, -0.15) is 18.3 Å². The number of rotatable bonds is 8. The predicted molar refractivity (Wildman–Crippen MR) is 119 cm³/mol. The van der Waals surface area contributed by atoms with Crippen LogP contribution < -0.4 is 14.9 Å². The average molecular weight is 464 g/mol. The quantitative estimate of drug-likeness (QED) is 0.306. The highest BCUT2D eigenvalue weighted by Gasteiger charge is 2.30. The van der Waals surface area contributed by atoms with Gasteiger partial charge in [0, 0.05) is 6.20 Å². The van der Waals surface area contributed by atoms with Gasteiger partial charge in [0.2, 0.25) is 0 Å². The van der Waals surface area contributed by atoms with Crippen LogP contribution in [0.2, 0.25) is 5.02 Å². The molecule has 32 heavy (non-hydrogen) atoms. The van der Waals surface area contributed by atoms with E-state index in [9.17, 15) is 13.2 Å². The van der Waals surface area contributed by atoms with Gasteiger partial charge in [0.25, 0.3) is 0 Å². The Bertz CT molecular complexity index is 1090. The van der Waals surface area contributed by atoms with E-state index in [2.05, 4.69) is 15.5 Å². The molecular weight excluding hydrogens is 443 g/mol. The zero-order valence-electron chi connectivity index (χ0n) is 17.4. The fourth-order valence-electron chi connectivity index (χ4n) is 2.82. The Labute approximate surface area is 188 Å². The Morgan fingerprint density at radius 1 is 1.12 bits per heavy atom. The molecule has 0 spiro atoms. The molecule has 0 radical (unpaired) electrons. The molecule has 0 aliphatic carbocycles. The number of hydrazone groups is 1. The number of anilines is 1. The number of hydrogen-bond acceptors (Lipinski definition) is 5. The van der Waals surface area contributed by atoms with Crippen molar-refractivity contribution < 1.29 is 22.6 Å². The predicted octanol–water partition coefficient (Wildman–Crippen LogP) is 6.49. The summed E-state index contributed by atoms with van der Waals surface area (Å²) >= 11 is 6.42. The summed E-state index contributed by atoms with van der Waals surface area (Å²) < 4.78 is 49.4. The molecule has 5 nitrogen and oxygen atoms in total. The van der Waals surface area contributed by atoms with Crippen molar-refractivity contribution in [3.8, 4) is 11.5 Å². The van der Waals surface area contributed by atoms with Gasteiger partial charge < -0.3 is 9.47 Å². The number of alkyl halides is 3. The molecule has 9 heteroatoms. The molecule has 0 amide bonds. The summed E-state index contributed by atoms with van der Waals surface area (Å²) in [4.78, 5) is 3.70. The number of halogens is 4. The number of hydrogen-bond donors (Lipinski definition) is 1. The minimum Gasteiger partial charge on any atom is -0.490 e. The van der Waals surface area contributed by atoms with Gasteiger partial charge >= 0.3 is 6.18 Å². The summed E-state index contributed by atoms with van der Waals surface area (Å²) in [6.45, 7) is 4.59. The maximum atomic E-state index is 12.6. The van der Waals surface area contributed by atoms with Gasteiger partial charge in [0.15, 0.2) is 11.5 Å². The van der Waals surface area contributed by atoms with E-state index >= 15 is 0 Å². The number of ether oxygens (including phenoxy) is 2. The van der Waals surface area contributed by atoms with Gasteiger partial charge in [-0.05, 0) is 49.2 Å². The summed E-state index contributed by atoms with van der Waals surface area (Å²) in [7, 11) is 0. The van der Waals surface area contributed by atoms with Crippen LogP contribution in [0.5, 0.6) is 11.5 Å². The van der Waals surface area contributed by atoms with E-state index in [1.807, 2.05) is 38.1 Å². The normalized spacial score (nSPS) is 11.6. The van der Waals surface area contributed by atoms with E-state index in [4.69, 9.17) is 21.1 Å². The molecule has 1 N–H and O–H groups in total. The first kappa shape index (κ1) is 23.4. The second-order valence-corrected chi connectivity index (χ2v) is 7.25. The van der Waals surface area contributed by atoms with E-state index in [1.54, 1.807) is 12.1 Å². The Morgan fingerprint density at radius 2 is 1.94 bits per heavy atom. The van der Waals surface area contributed by atoms with E-state index in [-0.39, 0.29) is 5.82 Å². The summed E-state index contributed by atoms with van der Waals surface area (Å²) in [5.41, 5.74) is 4.50. The summed E-state index contributed by atoms with van der Waals surface area (Å²) in [6.07, 6.45) is -2.25. The van der Waals surface area contributed by atoms with Gasteiger partial charge in [-0.25, -0.2) is 4.98 Å². The molecule has 0 saturated heterocycles. The summed E-state index contributed by atoms with van der Waals surface area (Å²) in [5.74, 6) is 1.05. The third-order valence-corrected chi connectivity index (χ3v) is 4.56. The van der Waals surface area contributed by atoms with Crippen molar-refractivity contribution in [2.45, 2.75) is 26.6 Å². The molecule has 0 aliphatic rings. The topological polar surface area (TPSA) is 55.7 Å². The van der Waals surface area contributed by atoms with Crippen molar-refractivity contribution in [2.24, 2.45) is 5.10 Å². The highest BCUT2D eigenvalue weighted by Crippen LogP contribution is 2.37. The molecule has 0 saturated carbocycles. The first-order valence-corrected chi connectivity index (χ1v) is 10.1. The lowest BCUT2D eigenvalue weighted by Gasteiger charge is -2.14. The lowest BCUT2D eigenvalue weighted by atomic mass is 10.1. The lowest BCUT2D eigenvalue weighted by Crippen LogP contribution is -2.05. The number of aryl methyl sites for hydroxylation is 1. The van der Waals surface area contributed by atoms with Crippen LogP contribution in [0.25, 0.3) is 0 Å². The molecule has 1 aromatic heterocycles. The largest absolute Gasteiger partial charge is 0.490 e. The molecule has 1 heterocycles. The maximum Gasteiger partial charge on any atom is 0.417 e. The molecule has 0 fully saturated rings. The third-order valence-electron chi connectivity index (χ3n) is 4.28. The highest BCUT2D eigenvalue weighted by molar-refractivity contribution is 6.32. The molecule has 0 atom stereocenters. The maximum absolute atomic E-state index is 12.6. The second kappa shape index (κ2) is 10.4. The fraction of sp³-hybridized carbons (Fsp3) is 0.217. The molecule has 168 valence electrons. The van der Waals surface area contributed by atoms with Crippen molar-refractivity contribution in [3.63, 3.8) is 0 Å². The summed E-state index contributed by atoms with van der Waals surface area (Å²) in [5, 5.41) is 4.35. The minimum atomic E-state index is -4.44. The van der Waals surface area contributed by atoms with Crippen LogP contribution in [-0.2, 0) is 12.8 Å². The average Bonchev–Trinajstić information content (AvgIpc) is 2.73. The van der Waals surface area contributed by atoms with Gasteiger partial charge in [-0.15, -0.1) is 0 Å². The van der Waals surface area contributed by atoms with Crippen LogP contribution in [0.4, 0.5) is 19.0 Å². The number of pyridine rings is 1. The number of aromatic nitrogens is 1. The van der Waals surface area contributed by atoms with Crippen LogP contribution in [0.1, 0.15) is 29.2 Å². The first-order valence-electron chi connectivity index (χ1n) is 9.73. The van der Waals surface area contributed by atoms with Gasteiger partial charge in [-0.1, -0.05) is 41.4 Å². The molecule has 3 aromatic rings. The first-order chi connectivity index (χ1) is 15.3. The van der Waals surface area contributed by atoms with Crippen LogP contribution in [0.15, 0.2) is 59.8 Å². The minimum absolute atomic E-state index is 0.170. The second-order valence-electron chi connectivity index (χ2n) is 6.84. The standard InChI is InChI=1S/C23H21ClF3N3O2/c1-3-31-20-11-17(12-29-30-21-8-7-18(13-28-21)23(25,26)27)10-19(24)22(20)32-14-16-6-4-5-15(2)9-16/h4-13H,3,14H2,1-2H3,(H,28,30)/b29-12-. The van der Waals surface area contributed by atoms with Crippen molar-refractivity contribution in [2.75, 3.05) is 12.0 Å². The fourth-order valence-corrected chi connectivity index (χ4v) is 3.10. The van der Waals surface area contributed by atoms with Crippen molar-refractivity contribution in [1.29, 1.82) is 0 Å². The number of nitrogens with one attached hydrogen (secondary N) is 1. The molecule has 3 rings (SSSR count). The Hall–Kier alpha value is -3.26. The molecule has 0 unspecified atom stereocenters. The van der Waals surface area contributed by atoms with Crippen molar-refractivity contribution >= 4 is 23.6 Å². The van der Waals surface area contributed by atoms with Crippen molar-refractivity contribution in [3.05, 3.63) is 82.0 Å². The Kier molecular flexibility index (Phi) is 7.58. The zero-order valence-corrected chi connectivity index (χ0v) is 18.2. The SMILES string of the molecule is CCOc1cc(/C=N\Nc2ccc(C(F)(F)F)cn2)cc(Cl)c1OCc1cccc(C)c1. The van der Waals surface area contributed by atoms with Gasteiger partial charge in [0.05, 0.1) is 23.4 Å². The van der Waals surface area contributed by atoms with Crippen molar-refractivity contribution in [1.82, 2.24) is 4.98 Å². The van der Waals surface area contributed by atoms with Gasteiger partial charge in [-0.3, -0.25) is 5.43 Å². The Balaban J connectivity index is 1.71. The molecular formula is C23H21ClF3N3O2. The van der Waals surface area contributed by atoms with E-state index in [1.165, 1.54) is 12.3 Å². The van der Waals surface area contributed by atoms with Crippen LogP contribution >= 0.6 is 11.6 Å². The van der Waals surface area contributed by atoms with Gasteiger partial charge in [0.1, 0.15) is 12.4 Å². The molecule has 0 aliphatic heterocycles. The monoisotopic (exact) mass is 463 g/mol.